The van der Waals surface area contributed by atoms with E-state index in [4.69, 9.17) is 0 Å². The van der Waals surface area contributed by atoms with Crippen molar-refractivity contribution < 1.29 is 10.2 Å². The molecule has 1 aliphatic carbocycles. The number of aliphatic hydroxyl groups is 2. The Morgan fingerprint density at radius 1 is 0.952 bits per heavy atom. The van der Waals surface area contributed by atoms with E-state index in [0.29, 0.717) is 13.1 Å². The first-order chi connectivity index (χ1) is 9.91. The number of nitrogens with one attached hydrogen (secondary N) is 1. The molecule has 21 heavy (non-hydrogen) atoms. The summed E-state index contributed by atoms with van der Waals surface area (Å²) in [6, 6.07) is 0. The highest BCUT2D eigenvalue weighted by Gasteiger charge is 2.33. The Morgan fingerprint density at radius 3 is 1.90 bits per heavy atom. The molecule has 0 radical (unpaired) electrons. The summed E-state index contributed by atoms with van der Waals surface area (Å²) in [5, 5.41) is 22.2. The van der Waals surface area contributed by atoms with Crippen LogP contribution in [0.3, 0.4) is 0 Å². The standard InChI is InChI=1S/C17H36N2O2/c1-16(2,3)18-14-17(8-6-4-5-7-9-17)15-19(10-12-20)11-13-21/h18,20-21H,4-15H2,1-3H3. The molecule has 126 valence electrons. The monoisotopic (exact) mass is 300 g/mol. The van der Waals surface area contributed by atoms with Gasteiger partial charge in [-0.15, -0.1) is 0 Å². The molecule has 0 atom stereocenters. The quantitative estimate of drug-likeness (QED) is 0.600. The summed E-state index contributed by atoms with van der Waals surface area (Å²) < 4.78 is 0. The number of aliphatic hydroxyl groups excluding tert-OH is 2. The van der Waals surface area contributed by atoms with Crippen molar-refractivity contribution >= 4 is 0 Å². The Morgan fingerprint density at radius 2 is 1.48 bits per heavy atom. The molecular formula is C17H36N2O2. The van der Waals surface area contributed by atoms with E-state index in [9.17, 15) is 10.2 Å². The molecule has 3 N–H and O–H groups in total. The molecule has 1 saturated carbocycles. The average molecular weight is 300 g/mol. The maximum absolute atomic E-state index is 9.25. The molecule has 1 rings (SSSR count). The highest BCUT2D eigenvalue weighted by atomic mass is 16.3. The SMILES string of the molecule is CC(C)(C)NCC1(CN(CCO)CCO)CCCCCC1. The van der Waals surface area contributed by atoms with Crippen molar-refractivity contribution in [1.29, 1.82) is 0 Å². The Kier molecular flexibility index (Phi) is 8.17. The van der Waals surface area contributed by atoms with Gasteiger partial charge in [0.05, 0.1) is 13.2 Å². The maximum Gasteiger partial charge on any atom is 0.0558 e. The molecule has 0 aromatic rings. The van der Waals surface area contributed by atoms with Gasteiger partial charge in [0.1, 0.15) is 0 Å². The smallest absolute Gasteiger partial charge is 0.0558 e. The third kappa shape index (κ3) is 7.59. The van der Waals surface area contributed by atoms with Crippen LogP contribution in [-0.4, -0.2) is 60.0 Å². The second kappa shape index (κ2) is 9.09. The van der Waals surface area contributed by atoms with E-state index in [1.165, 1.54) is 38.5 Å². The summed E-state index contributed by atoms with van der Waals surface area (Å²) in [5.74, 6) is 0. The summed E-state index contributed by atoms with van der Waals surface area (Å²) in [5.41, 5.74) is 0.423. The third-order valence-electron chi connectivity index (χ3n) is 4.55. The van der Waals surface area contributed by atoms with Gasteiger partial charge in [-0.1, -0.05) is 25.7 Å². The number of nitrogens with zero attached hydrogens (tertiary/aromatic N) is 1. The van der Waals surface area contributed by atoms with Crippen molar-refractivity contribution in [1.82, 2.24) is 10.2 Å². The molecule has 0 aliphatic heterocycles. The Labute approximate surface area is 130 Å². The van der Waals surface area contributed by atoms with E-state index in [2.05, 4.69) is 31.0 Å². The fraction of sp³-hybridized carbons (Fsp3) is 1.00. The second-order valence-corrected chi connectivity index (χ2v) is 7.74. The highest BCUT2D eigenvalue weighted by molar-refractivity contribution is 4.89. The molecule has 0 spiro atoms. The molecule has 0 aromatic heterocycles. The average Bonchev–Trinajstić information content (AvgIpc) is 2.63. The lowest BCUT2D eigenvalue weighted by Crippen LogP contribution is -2.49. The maximum atomic E-state index is 9.25. The van der Waals surface area contributed by atoms with Crippen LogP contribution in [0.4, 0.5) is 0 Å². The Bertz CT molecular complexity index is 262. The van der Waals surface area contributed by atoms with Crippen molar-refractivity contribution in [3.8, 4) is 0 Å². The van der Waals surface area contributed by atoms with Gasteiger partial charge in [-0.3, -0.25) is 4.90 Å². The number of hydrogen-bond acceptors (Lipinski definition) is 4. The lowest BCUT2D eigenvalue weighted by atomic mass is 9.79. The fourth-order valence-electron chi connectivity index (χ4n) is 3.35. The first-order valence-electron chi connectivity index (χ1n) is 8.60. The van der Waals surface area contributed by atoms with Crippen LogP contribution in [0.15, 0.2) is 0 Å². The largest absolute Gasteiger partial charge is 0.395 e. The van der Waals surface area contributed by atoms with Crippen molar-refractivity contribution in [3.05, 3.63) is 0 Å². The van der Waals surface area contributed by atoms with Crippen molar-refractivity contribution in [2.45, 2.75) is 64.8 Å². The Balaban J connectivity index is 2.73. The van der Waals surface area contributed by atoms with Gasteiger partial charge in [0, 0.05) is 31.7 Å². The van der Waals surface area contributed by atoms with Gasteiger partial charge in [0.2, 0.25) is 0 Å². The van der Waals surface area contributed by atoms with Crippen LogP contribution in [0.25, 0.3) is 0 Å². The molecular weight excluding hydrogens is 264 g/mol. The summed E-state index contributed by atoms with van der Waals surface area (Å²) >= 11 is 0. The van der Waals surface area contributed by atoms with Gasteiger partial charge in [-0.05, 0) is 39.0 Å². The van der Waals surface area contributed by atoms with Crippen LogP contribution < -0.4 is 5.32 Å². The van der Waals surface area contributed by atoms with Crippen LogP contribution in [0.1, 0.15) is 59.3 Å². The minimum Gasteiger partial charge on any atom is -0.395 e. The number of rotatable bonds is 8. The Hall–Kier alpha value is -0.160. The molecule has 0 aromatic carbocycles. The van der Waals surface area contributed by atoms with E-state index >= 15 is 0 Å². The minimum absolute atomic E-state index is 0.137. The first-order valence-corrected chi connectivity index (χ1v) is 8.60. The van der Waals surface area contributed by atoms with Crippen molar-refractivity contribution in [3.63, 3.8) is 0 Å². The topological polar surface area (TPSA) is 55.7 Å². The van der Waals surface area contributed by atoms with Gasteiger partial charge < -0.3 is 15.5 Å². The molecule has 4 heteroatoms. The fourth-order valence-corrected chi connectivity index (χ4v) is 3.35. The van der Waals surface area contributed by atoms with Gasteiger partial charge in [-0.2, -0.15) is 0 Å². The summed E-state index contributed by atoms with van der Waals surface area (Å²) in [6.07, 6.45) is 7.80. The highest BCUT2D eigenvalue weighted by Crippen LogP contribution is 2.35. The predicted molar refractivity (Wildman–Crippen MR) is 88.5 cm³/mol. The summed E-state index contributed by atoms with van der Waals surface area (Å²) in [4.78, 5) is 2.23. The zero-order chi connectivity index (χ0) is 15.8. The lowest BCUT2D eigenvalue weighted by Gasteiger charge is -2.40. The zero-order valence-corrected chi connectivity index (χ0v) is 14.3. The molecule has 4 nitrogen and oxygen atoms in total. The normalized spacial score (nSPS) is 19.7. The summed E-state index contributed by atoms with van der Waals surface area (Å²) in [7, 11) is 0. The molecule has 0 saturated heterocycles. The summed E-state index contributed by atoms with van der Waals surface area (Å²) in [6.45, 7) is 10.3. The molecule has 0 amide bonds. The molecule has 0 bridgehead atoms. The van der Waals surface area contributed by atoms with E-state index in [-0.39, 0.29) is 24.2 Å². The number of hydrogen-bond donors (Lipinski definition) is 3. The molecule has 0 heterocycles. The predicted octanol–water partition coefficient (Wildman–Crippen LogP) is 2.00. The van der Waals surface area contributed by atoms with Gasteiger partial charge in [0.25, 0.3) is 0 Å². The van der Waals surface area contributed by atoms with Crippen LogP contribution in [0, 0.1) is 5.41 Å². The van der Waals surface area contributed by atoms with Crippen molar-refractivity contribution in [2.24, 2.45) is 5.41 Å². The van der Waals surface area contributed by atoms with E-state index in [1.54, 1.807) is 0 Å². The van der Waals surface area contributed by atoms with Gasteiger partial charge >= 0.3 is 0 Å². The molecule has 1 aliphatic rings. The van der Waals surface area contributed by atoms with Crippen molar-refractivity contribution in [2.75, 3.05) is 39.4 Å². The van der Waals surface area contributed by atoms with Crippen LogP contribution in [0.5, 0.6) is 0 Å². The second-order valence-electron chi connectivity index (χ2n) is 7.74. The third-order valence-corrected chi connectivity index (χ3v) is 4.55. The molecule has 1 fully saturated rings. The molecule has 0 unspecified atom stereocenters. The van der Waals surface area contributed by atoms with Crippen LogP contribution in [-0.2, 0) is 0 Å². The van der Waals surface area contributed by atoms with Gasteiger partial charge in [-0.25, -0.2) is 0 Å². The van der Waals surface area contributed by atoms with Crippen LogP contribution >= 0.6 is 0 Å². The van der Waals surface area contributed by atoms with Crippen LogP contribution in [0.2, 0.25) is 0 Å². The lowest BCUT2D eigenvalue weighted by molar-refractivity contribution is 0.0873. The van der Waals surface area contributed by atoms with E-state index < -0.39 is 0 Å². The minimum atomic E-state index is 0.137. The van der Waals surface area contributed by atoms with E-state index in [0.717, 1.165) is 13.1 Å². The zero-order valence-electron chi connectivity index (χ0n) is 14.3. The van der Waals surface area contributed by atoms with Gasteiger partial charge in [0.15, 0.2) is 0 Å². The first kappa shape index (κ1) is 18.9. The van der Waals surface area contributed by atoms with E-state index in [1.807, 2.05) is 0 Å².